The highest BCUT2D eigenvalue weighted by Gasteiger charge is 2.25. The van der Waals surface area contributed by atoms with Crippen LogP contribution in [0.15, 0.2) is 11.6 Å². The maximum Gasteiger partial charge on any atom is 0.390 e. The fraction of sp³-hybridized carbons (Fsp3) is 0.571. The van der Waals surface area contributed by atoms with Gasteiger partial charge in [-0.3, -0.25) is 0 Å². The maximum atomic E-state index is 11.7. The minimum atomic E-state index is -4.07. The van der Waals surface area contributed by atoms with Crippen LogP contribution in [0.2, 0.25) is 0 Å². The lowest BCUT2D eigenvalue weighted by Gasteiger charge is -2.05. The number of nitrogens with zero attached hydrogens (tertiary/aromatic N) is 1. The van der Waals surface area contributed by atoms with Gasteiger partial charge < -0.3 is 5.32 Å². The Morgan fingerprint density at radius 2 is 2.23 bits per heavy atom. The Morgan fingerprint density at radius 3 is 2.77 bits per heavy atom. The van der Waals surface area contributed by atoms with Crippen molar-refractivity contribution in [2.45, 2.75) is 19.1 Å². The van der Waals surface area contributed by atoms with Gasteiger partial charge in [-0.1, -0.05) is 0 Å². The van der Waals surface area contributed by atoms with Crippen LogP contribution < -0.4 is 5.32 Å². The second-order valence-electron chi connectivity index (χ2n) is 2.47. The SMILES string of the molecule is FC(F)(F)CCNCc1nccs1. The number of rotatable bonds is 4. The molecular formula is C7H9F3N2S. The zero-order valence-electron chi connectivity index (χ0n) is 6.77. The molecule has 1 aromatic heterocycles. The Bertz CT molecular complexity index is 232. The summed E-state index contributed by atoms with van der Waals surface area (Å²) in [6.07, 6.45) is -3.24. The minimum absolute atomic E-state index is 0.0525. The van der Waals surface area contributed by atoms with Crippen molar-refractivity contribution >= 4 is 11.3 Å². The summed E-state index contributed by atoms with van der Waals surface area (Å²) in [5.74, 6) is 0. The van der Waals surface area contributed by atoms with Gasteiger partial charge in [0.2, 0.25) is 0 Å². The summed E-state index contributed by atoms with van der Waals surface area (Å²) >= 11 is 1.43. The van der Waals surface area contributed by atoms with E-state index in [1.807, 2.05) is 0 Å². The molecule has 0 atom stereocenters. The summed E-state index contributed by atoms with van der Waals surface area (Å²) in [5, 5.41) is 5.27. The average Bonchev–Trinajstić information content (AvgIpc) is 2.48. The molecule has 1 N–H and O–H groups in total. The van der Waals surface area contributed by atoms with E-state index in [0.717, 1.165) is 5.01 Å². The number of halogens is 3. The van der Waals surface area contributed by atoms with Gasteiger partial charge in [0.1, 0.15) is 5.01 Å². The fourth-order valence-corrected chi connectivity index (χ4v) is 1.35. The molecule has 0 aromatic carbocycles. The molecule has 0 amide bonds. The molecule has 0 aliphatic carbocycles. The standard InChI is InChI=1S/C7H9F3N2S/c8-7(9,10)1-2-11-5-6-12-3-4-13-6/h3-4,11H,1-2,5H2. The zero-order valence-corrected chi connectivity index (χ0v) is 7.58. The highest BCUT2D eigenvalue weighted by molar-refractivity contribution is 7.09. The van der Waals surface area contributed by atoms with Crippen LogP contribution in [0.5, 0.6) is 0 Å². The highest BCUT2D eigenvalue weighted by atomic mass is 32.1. The Hall–Kier alpha value is -0.620. The largest absolute Gasteiger partial charge is 0.390 e. The highest BCUT2D eigenvalue weighted by Crippen LogP contribution is 2.18. The predicted molar refractivity (Wildman–Crippen MR) is 44.5 cm³/mol. The van der Waals surface area contributed by atoms with E-state index < -0.39 is 12.6 Å². The smallest absolute Gasteiger partial charge is 0.310 e. The molecule has 2 nitrogen and oxygen atoms in total. The van der Waals surface area contributed by atoms with E-state index in [4.69, 9.17) is 0 Å². The van der Waals surface area contributed by atoms with Crippen LogP contribution in [0.25, 0.3) is 0 Å². The number of thiazole rings is 1. The third-order valence-corrected chi connectivity index (χ3v) is 2.12. The van der Waals surface area contributed by atoms with Gasteiger partial charge in [0.25, 0.3) is 0 Å². The van der Waals surface area contributed by atoms with Crippen LogP contribution in [0.4, 0.5) is 13.2 Å². The molecular weight excluding hydrogens is 201 g/mol. The summed E-state index contributed by atoms with van der Waals surface area (Å²) in [5.41, 5.74) is 0. The molecule has 1 heterocycles. The molecule has 0 unspecified atom stereocenters. The van der Waals surface area contributed by atoms with E-state index in [1.54, 1.807) is 11.6 Å². The molecule has 0 radical (unpaired) electrons. The third-order valence-electron chi connectivity index (χ3n) is 1.34. The third kappa shape index (κ3) is 4.84. The van der Waals surface area contributed by atoms with E-state index in [1.165, 1.54) is 11.3 Å². The normalized spacial score (nSPS) is 11.9. The van der Waals surface area contributed by atoms with E-state index in [9.17, 15) is 13.2 Å². The van der Waals surface area contributed by atoms with Crippen molar-refractivity contribution in [2.24, 2.45) is 0 Å². The quantitative estimate of drug-likeness (QED) is 0.770. The number of hydrogen-bond donors (Lipinski definition) is 1. The maximum absolute atomic E-state index is 11.7. The van der Waals surface area contributed by atoms with Gasteiger partial charge in [-0.25, -0.2) is 4.98 Å². The summed E-state index contributed by atoms with van der Waals surface area (Å²) < 4.78 is 35.0. The van der Waals surface area contributed by atoms with Crippen LogP contribution in [-0.2, 0) is 6.54 Å². The topological polar surface area (TPSA) is 24.9 Å². The Morgan fingerprint density at radius 1 is 1.46 bits per heavy atom. The van der Waals surface area contributed by atoms with Crippen LogP contribution in [0.3, 0.4) is 0 Å². The Balaban J connectivity index is 2.09. The summed E-state index contributed by atoms with van der Waals surface area (Å²) in [6, 6.07) is 0. The summed E-state index contributed by atoms with van der Waals surface area (Å²) in [7, 11) is 0. The summed E-state index contributed by atoms with van der Waals surface area (Å²) in [6.45, 7) is 0.358. The molecule has 6 heteroatoms. The first-order valence-corrected chi connectivity index (χ1v) is 4.62. The van der Waals surface area contributed by atoms with Crippen LogP contribution in [0.1, 0.15) is 11.4 Å². The van der Waals surface area contributed by atoms with E-state index in [2.05, 4.69) is 10.3 Å². The molecule has 0 fully saturated rings. The first-order chi connectivity index (χ1) is 6.08. The molecule has 0 saturated heterocycles. The lowest BCUT2D eigenvalue weighted by molar-refractivity contribution is -0.133. The van der Waals surface area contributed by atoms with Gasteiger partial charge in [-0.2, -0.15) is 13.2 Å². The van der Waals surface area contributed by atoms with Crippen LogP contribution in [-0.4, -0.2) is 17.7 Å². The number of alkyl halides is 3. The van der Waals surface area contributed by atoms with Crippen molar-refractivity contribution in [1.29, 1.82) is 0 Å². The second kappa shape index (κ2) is 4.57. The van der Waals surface area contributed by atoms with Gasteiger partial charge in [0, 0.05) is 24.7 Å². The van der Waals surface area contributed by atoms with Gasteiger partial charge in [-0.05, 0) is 0 Å². The molecule has 0 bridgehead atoms. The van der Waals surface area contributed by atoms with Crippen molar-refractivity contribution in [1.82, 2.24) is 10.3 Å². The second-order valence-corrected chi connectivity index (χ2v) is 3.45. The molecule has 0 spiro atoms. The van der Waals surface area contributed by atoms with E-state index in [0.29, 0.717) is 6.54 Å². The Kier molecular flexibility index (Phi) is 3.68. The number of hydrogen-bond acceptors (Lipinski definition) is 3. The molecule has 13 heavy (non-hydrogen) atoms. The minimum Gasteiger partial charge on any atom is -0.310 e. The van der Waals surface area contributed by atoms with Crippen molar-refractivity contribution in [2.75, 3.05) is 6.54 Å². The van der Waals surface area contributed by atoms with Gasteiger partial charge in [0.05, 0.1) is 6.42 Å². The van der Waals surface area contributed by atoms with Crippen LogP contribution in [0, 0.1) is 0 Å². The average molecular weight is 210 g/mol. The molecule has 0 saturated carbocycles. The molecule has 1 rings (SSSR count). The zero-order chi connectivity index (χ0) is 9.73. The first kappa shape index (κ1) is 10.5. The number of aromatic nitrogens is 1. The first-order valence-electron chi connectivity index (χ1n) is 3.74. The van der Waals surface area contributed by atoms with Crippen LogP contribution >= 0.6 is 11.3 Å². The lowest BCUT2D eigenvalue weighted by Crippen LogP contribution is -2.21. The fourth-order valence-electron chi connectivity index (χ4n) is 0.766. The number of nitrogens with one attached hydrogen (secondary N) is 1. The Labute approximate surface area is 77.8 Å². The van der Waals surface area contributed by atoms with Gasteiger partial charge in [-0.15, -0.1) is 11.3 Å². The van der Waals surface area contributed by atoms with Crippen molar-refractivity contribution < 1.29 is 13.2 Å². The molecule has 74 valence electrons. The molecule has 0 aliphatic rings. The predicted octanol–water partition coefficient (Wildman–Crippen LogP) is 2.19. The lowest BCUT2D eigenvalue weighted by atomic mass is 10.4. The van der Waals surface area contributed by atoms with Gasteiger partial charge in [0.15, 0.2) is 0 Å². The van der Waals surface area contributed by atoms with E-state index >= 15 is 0 Å². The van der Waals surface area contributed by atoms with Crippen molar-refractivity contribution in [3.8, 4) is 0 Å². The van der Waals surface area contributed by atoms with Gasteiger partial charge >= 0.3 is 6.18 Å². The molecule has 1 aromatic rings. The van der Waals surface area contributed by atoms with Crippen molar-refractivity contribution in [3.05, 3.63) is 16.6 Å². The molecule has 0 aliphatic heterocycles. The summed E-state index contributed by atoms with van der Waals surface area (Å²) in [4.78, 5) is 3.92. The van der Waals surface area contributed by atoms with E-state index in [-0.39, 0.29) is 6.54 Å². The monoisotopic (exact) mass is 210 g/mol. The van der Waals surface area contributed by atoms with Crippen molar-refractivity contribution in [3.63, 3.8) is 0 Å².